The fourth-order valence-corrected chi connectivity index (χ4v) is 3.23. The maximum atomic E-state index is 12.3. The van der Waals surface area contributed by atoms with Crippen LogP contribution in [0.4, 0.5) is 0 Å². The van der Waals surface area contributed by atoms with Crippen molar-refractivity contribution in [2.24, 2.45) is 0 Å². The highest BCUT2D eigenvalue weighted by Gasteiger charge is 2.23. The van der Waals surface area contributed by atoms with E-state index in [2.05, 4.69) is 29.6 Å². The van der Waals surface area contributed by atoms with Crippen LogP contribution in [0.3, 0.4) is 0 Å². The number of benzene rings is 2. The van der Waals surface area contributed by atoms with Gasteiger partial charge in [0.05, 0.1) is 32.7 Å². The highest BCUT2D eigenvalue weighted by atomic mass is 35.5. The molecule has 5 nitrogen and oxygen atoms in total. The maximum Gasteiger partial charge on any atom is 0.251 e. The van der Waals surface area contributed by atoms with Crippen LogP contribution >= 0.6 is 11.6 Å². The molecular formula is C20H23ClN3O2+. The Hall–Kier alpha value is -2.37. The molecule has 2 N–H and O–H groups in total. The van der Waals surface area contributed by atoms with Crippen molar-refractivity contribution in [2.45, 2.75) is 6.54 Å². The molecule has 0 atom stereocenters. The molecular weight excluding hydrogens is 350 g/mol. The molecule has 3 rings (SSSR count). The van der Waals surface area contributed by atoms with Gasteiger partial charge in [0, 0.05) is 16.1 Å². The van der Waals surface area contributed by atoms with Gasteiger partial charge >= 0.3 is 0 Å². The number of piperazine rings is 1. The van der Waals surface area contributed by atoms with E-state index in [1.807, 2.05) is 11.0 Å². The number of carbonyl (C=O) groups is 2. The van der Waals surface area contributed by atoms with E-state index in [-0.39, 0.29) is 18.4 Å². The summed E-state index contributed by atoms with van der Waals surface area (Å²) in [4.78, 5) is 27.7. The lowest BCUT2D eigenvalue weighted by molar-refractivity contribution is -0.917. The zero-order valence-corrected chi connectivity index (χ0v) is 15.3. The molecule has 1 heterocycles. The zero-order chi connectivity index (χ0) is 18.4. The van der Waals surface area contributed by atoms with E-state index in [4.69, 9.17) is 11.6 Å². The molecule has 1 fully saturated rings. The molecule has 0 saturated carbocycles. The smallest absolute Gasteiger partial charge is 0.251 e. The Morgan fingerprint density at radius 1 is 1.00 bits per heavy atom. The third kappa shape index (κ3) is 5.07. The first-order valence-electron chi connectivity index (χ1n) is 8.81. The average molecular weight is 373 g/mol. The first-order chi connectivity index (χ1) is 12.6. The number of hydrogen-bond acceptors (Lipinski definition) is 2. The number of hydrogen-bond donors (Lipinski definition) is 2. The number of rotatable bonds is 5. The Labute approximate surface area is 158 Å². The highest BCUT2D eigenvalue weighted by Crippen LogP contribution is 2.09. The van der Waals surface area contributed by atoms with Gasteiger partial charge < -0.3 is 15.1 Å². The SMILES string of the molecule is O=C(NCC(=O)N1CC[NH+](Cc2ccccc2)CC1)c1ccc(Cl)cc1. The van der Waals surface area contributed by atoms with Crippen molar-refractivity contribution in [3.63, 3.8) is 0 Å². The van der Waals surface area contributed by atoms with Crippen LogP contribution in [0.2, 0.25) is 5.02 Å². The standard InChI is InChI=1S/C20H22ClN3O2/c21-18-8-6-17(7-9-18)20(26)22-14-19(25)24-12-10-23(11-13-24)15-16-4-2-1-3-5-16/h1-9H,10-15H2,(H,22,26)/p+1. The summed E-state index contributed by atoms with van der Waals surface area (Å²) in [6, 6.07) is 17.0. The summed E-state index contributed by atoms with van der Waals surface area (Å²) in [5, 5.41) is 3.26. The van der Waals surface area contributed by atoms with E-state index >= 15 is 0 Å². The van der Waals surface area contributed by atoms with Crippen molar-refractivity contribution < 1.29 is 14.5 Å². The van der Waals surface area contributed by atoms with E-state index in [1.54, 1.807) is 24.3 Å². The predicted octanol–water partition coefficient (Wildman–Crippen LogP) is 0.997. The van der Waals surface area contributed by atoms with Gasteiger partial charge in [0.1, 0.15) is 6.54 Å². The number of carbonyl (C=O) groups excluding carboxylic acids is 2. The molecule has 2 aromatic rings. The number of halogens is 1. The summed E-state index contributed by atoms with van der Waals surface area (Å²) < 4.78 is 0. The molecule has 1 aliphatic rings. The largest absolute Gasteiger partial charge is 0.343 e. The zero-order valence-electron chi connectivity index (χ0n) is 14.6. The second-order valence-corrected chi connectivity index (χ2v) is 6.92. The number of amides is 2. The van der Waals surface area contributed by atoms with Gasteiger partial charge in [-0.1, -0.05) is 41.9 Å². The molecule has 2 amide bonds. The van der Waals surface area contributed by atoms with Gasteiger partial charge in [-0.3, -0.25) is 9.59 Å². The van der Waals surface area contributed by atoms with Gasteiger partial charge in [-0.2, -0.15) is 0 Å². The first-order valence-corrected chi connectivity index (χ1v) is 9.18. The molecule has 0 spiro atoms. The molecule has 0 aromatic heterocycles. The second kappa shape index (κ2) is 8.83. The quantitative estimate of drug-likeness (QED) is 0.822. The Balaban J connectivity index is 1.42. The van der Waals surface area contributed by atoms with Crippen molar-refractivity contribution in [3.8, 4) is 0 Å². The number of quaternary nitrogens is 1. The van der Waals surface area contributed by atoms with Gasteiger partial charge in [-0.25, -0.2) is 0 Å². The normalized spacial score (nSPS) is 14.9. The molecule has 136 valence electrons. The van der Waals surface area contributed by atoms with Crippen LogP contribution in [-0.2, 0) is 11.3 Å². The van der Waals surface area contributed by atoms with Crippen LogP contribution in [0.15, 0.2) is 54.6 Å². The van der Waals surface area contributed by atoms with Crippen LogP contribution < -0.4 is 10.2 Å². The summed E-state index contributed by atoms with van der Waals surface area (Å²) >= 11 is 5.81. The summed E-state index contributed by atoms with van der Waals surface area (Å²) in [5.74, 6) is -0.297. The first kappa shape index (κ1) is 18.4. The van der Waals surface area contributed by atoms with Crippen molar-refractivity contribution in [1.82, 2.24) is 10.2 Å². The lowest BCUT2D eigenvalue weighted by Gasteiger charge is -2.32. The van der Waals surface area contributed by atoms with Crippen LogP contribution in [0.5, 0.6) is 0 Å². The van der Waals surface area contributed by atoms with Crippen molar-refractivity contribution >= 4 is 23.4 Å². The number of nitrogens with one attached hydrogen (secondary N) is 2. The fourth-order valence-electron chi connectivity index (χ4n) is 3.10. The molecule has 2 aromatic carbocycles. The molecule has 0 radical (unpaired) electrons. The summed E-state index contributed by atoms with van der Waals surface area (Å²) in [6.45, 7) is 4.29. The van der Waals surface area contributed by atoms with Crippen LogP contribution in [0, 0.1) is 0 Å². The van der Waals surface area contributed by atoms with Crippen LogP contribution in [-0.4, -0.2) is 49.4 Å². The van der Waals surface area contributed by atoms with Crippen molar-refractivity contribution in [3.05, 3.63) is 70.7 Å². The molecule has 1 aliphatic heterocycles. The van der Waals surface area contributed by atoms with E-state index in [0.29, 0.717) is 10.6 Å². The Bertz CT molecular complexity index is 741. The lowest BCUT2D eigenvalue weighted by Crippen LogP contribution is -3.13. The second-order valence-electron chi connectivity index (χ2n) is 6.48. The molecule has 6 heteroatoms. The minimum atomic E-state index is -0.261. The van der Waals surface area contributed by atoms with E-state index < -0.39 is 0 Å². The Morgan fingerprint density at radius 2 is 1.65 bits per heavy atom. The lowest BCUT2D eigenvalue weighted by atomic mass is 10.2. The third-order valence-corrected chi connectivity index (χ3v) is 4.88. The Morgan fingerprint density at radius 3 is 2.31 bits per heavy atom. The molecule has 26 heavy (non-hydrogen) atoms. The molecule has 0 bridgehead atoms. The topological polar surface area (TPSA) is 53.9 Å². The van der Waals surface area contributed by atoms with Crippen molar-refractivity contribution in [1.29, 1.82) is 0 Å². The average Bonchev–Trinajstić information content (AvgIpc) is 2.68. The Kier molecular flexibility index (Phi) is 6.26. The predicted molar refractivity (Wildman–Crippen MR) is 101 cm³/mol. The summed E-state index contributed by atoms with van der Waals surface area (Å²) in [5.41, 5.74) is 1.82. The molecule has 0 aliphatic carbocycles. The van der Waals surface area contributed by atoms with Gasteiger partial charge in [0.25, 0.3) is 5.91 Å². The van der Waals surface area contributed by atoms with E-state index in [1.165, 1.54) is 10.5 Å². The van der Waals surface area contributed by atoms with Crippen molar-refractivity contribution in [2.75, 3.05) is 32.7 Å². The maximum absolute atomic E-state index is 12.3. The third-order valence-electron chi connectivity index (χ3n) is 4.63. The molecule has 1 saturated heterocycles. The van der Waals surface area contributed by atoms with E-state index in [9.17, 15) is 9.59 Å². The highest BCUT2D eigenvalue weighted by molar-refractivity contribution is 6.30. The van der Waals surface area contributed by atoms with Gasteiger partial charge in [0.2, 0.25) is 5.91 Å². The van der Waals surface area contributed by atoms with Crippen LogP contribution in [0.25, 0.3) is 0 Å². The van der Waals surface area contributed by atoms with Gasteiger partial charge in [-0.15, -0.1) is 0 Å². The minimum Gasteiger partial charge on any atom is -0.343 e. The van der Waals surface area contributed by atoms with Crippen LogP contribution in [0.1, 0.15) is 15.9 Å². The summed E-state index contributed by atoms with van der Waals surface area (Å²) in [6.07, 6.45) is 0. The monoisotopic (exact) mass is 372 g/mol. The van der Waals surface area contributed by atoms with E-state index in [0.717, 1.165) is 32.7 Å². The van der Waals surface area contributed by atoms with Gasteiger partial charge in [-0.05, 0) is 24.3 Å². The molecule has 0 unspecified atom stereocenters. The summed E-state index contributed by atoms with van der Waals surface area (Å²) in [7, 11) is 0. The number of nitrogens with zero attached hydrogens (tertiary/aromatic N) is 1. The fraction of sp³-hybridized carbons (Fsp3) is 0.300. The van der Waals surface area contributed by atoms with Gasteiger partial charge in [0.15, 0.2) is 0 Å². The minimum absolute atomic E-state index is 0.0233.